The van der Waals surface area contributed by atoms with E-state index in [9.17, 15) is 0 Å². The molecule has 246 valence electrons. The van der Waals surface area contributed by atoms with Crippen molar-refractivity contribution in [1.29, 1.82) is 0 Å². The van der Waals surface area contributed by atoms with Crippen molar-refractivity contribution in [2.24, 2.45) is 0 Å². The highest BCUT2D eigenvalue weighted by Gasteiger charge is 2.41. The molecule has 0 saturated heterocycles. The minimum Gasteiger partial charge on any atom is -0.309 e. The molecule has 0 aliphatic carbocycles. The molecule has 0 bridgehead atoms. The molecule has 0 amide bonds. The van der Waals surface area contributed by atoms with Gasteiger partial charge in [-0.1, -0.05) is 133 Å². The second-order valence-corrected chi connectivity index (χ2v) is 16.6. The lowest BCUT2D eigenvalue weighted by atomic mass is 10.1. The fourth-order valence-electron chi connectivity index (χ4n) is 7.26. The highest BCUT2D eigenvalue weighted by Crippen LogP contribution is 2.55. The van der Waals surface area contributed by atoms with Crippen molar-refractivity contribution in [1.82, 2.24) is 15.0 Å². The highest BCUT2D eigenvalue weighted by atomic mass is 32.1. The second kappa shape index (κ2) is 12.2. The molecule has 3 heterocycles. The van der Waals surface area contributed by atoms with Crippen LogP contribution in [0.4, 0.5) is 17.1 Å². The normalized spacial score (nSPS) is 15.0. The lowest BCUT2D eigenvalue weighted by molar-refractivity contribution is 0.592. The van der Waals surface area contributed by atoms with E-state index in [2.05, 4.69) is 65.6 Å². The number of rotatable bonds is 5. The fourth-order valence-corrected chi connectivity index (χ4v) is 11.5. The summed E-state index contributed by atoms with van der Waals surface area (Å²) in [5, 5.41) is 4.78. The Bertz CT molecular complexity index is 2770. The summed E-state index contributed by atoms with van der Waals surface area (Å²) in [4.78, 5) is 17.1. The van der Waals surface area contributed by atoms with E-state index in [1.54, 1.807) is 11.3 Å². The van der Waals surface area contributed by atoms with E-state index in [0.717, 1.165) is 69.8 Å². The van der Waals surface area contributed by atoms with Gasteiger partial charge in [0.2, 0.25) is 0 Å². The summed E-state index contributed by atoms with van der Waals surface area (Å²) in [7, 11) is -3.24. The first-order valence-corrected chi connectivity index (χ1v) is 19.7. The van der Waals surface area contributed by atoms with Crippen molar-refractivity contribution >= 4 is 71.6 Å². The van der Waals surface area contributed by atoms with Crippen LogP contribution in [0.2, 0.25) is 0 Å². The molecular weight excluding hydrogens is 676 g/mol. The van der Waals surface area contributed by atoms with Crippen LogP contribution in [0.15, 0.2) is 176 Å². The Hall–Kier alpha value is -6.20. The molecular formula is C45H29N4OPS. The van der Waals surface area contributed by atoms with E-state index in [1.807, 2.05) is 115 Å². The van der Waals surface area contributed by atoms with E-state index >= 15 is 4.57 Å². The smallest absolute Gasteiger partial charge is 0.175 e. The summed E-state index contributed by atoms with van der Waals surface area (Å²) < 4.78 is 18.0. The highest BCUT2D eigenvalue weighted by molar-refractivity contribution is 7.86. The SMILES string of the molecule is O=P1(c2ccccc2)c2ccccc2N(c2ccccc2)c2cc3c(cc21)sc1cc(-c2nc(-c4ccccc4)nc(-c4ccccc4)n2)ccc13. The number of nitrogens with zero attached hydrogens (tertiary/aromatic N) is 4. The first-order valence-electron chi connectivity index (χ1n) is 17.1. The van der Waals surface area contributed by atoms with Gasteiger partial charge in [-0.05, 0) is 42.5 Å². The van der Waals surface area contributed by atoms with Gasteiger partial charge < -0.3 is 9.46 Å². The molecule has 10 rings (SSSR count). The lowest BCUT2D eigenvalue weighted by Crippen LogP contribution is -2.36. The van der Waals surface area contributed by atoms with Crippen LogP contribution >= 0.6 is 18.5 Å². The van der Waals surface area contributed by atoms with Crippen molar-refractivity contribution < 1.29 is 4.57 Å². The molecule has 0 N–H and O–H groups in total. The van der Waals surface area contributed by atoms with Gasteiger partial charge in [-0.15, -0.1) is 11.3 Å². The summed E-state index contributed by atoms with van der Waals surface area (Å²) in [5.41, 5.74) is 5.68. The van der Waals surface area contributed by atoms with Gasteiger partial charge in [-0.3, -0.25) is 0 Å². The minimum absolute atomic E-state index is 0.616. The number of aromatic nitrogens is 3. The number of benzene rings is 7. The van der Waals surface area contributed by atoms with Gasteiger partial charge in [0.1, 0.15) is 0 Å². The topological polar surface area (TPSA) is 59.0 Å². The molecule has 1 aliphatic heterocycles. The molecule has 0 fully saturated rings. The van der Waals surface area contributed by atoms with Crippen LogP contribution in [0.5, 0.6) is 0 Å². The van der Waals surface area contributed by atoms with Crippen LogP contribution in [-0.2, 0) is 4.57 Å². The lowest BCUT2D eigenvalue weighted by Gasteiger charge is -2.38. The Morgan fingerprint density at radius 1 is 0.442 bits per heavy atom. The van der Waals surface area contributed by atoms with Crippen molar-refractivity contribution in [3.63, 3.8) is 0 Å². The Morgan fingerprint density at radius 2 is 0.981 bits per heavy atom. The fraction of sp³-hybridized carbons (Fsp3) is 0. The maximum Gasteiger partial charge on any atom is 0.175 e. The third-order valence-corrected chi connectivity index (χ3v) is 13.9. The Balaban J connectivity index is 1.19. The van der Waals surface area contributed by atoms with Gasteiger partial charge in [0, 0.05) is 58.5 Å². The maximum absolute atomic E-state index is 15.8. The summed E-state index contributed by atoms with van der Waals surface area (Å²) in [6.45, 7) is 0. The van der Waals surface area contributed by atoms with Gasteiger partial charge in [0.15, 0.2) is 24.6 Å². The molecule has 0 radical (unpaired) electrons. The third kappa shape index (κ3) is 4.91. The van der Waals surface area contributed by atoms with Crippen molar-refractivity contribution in [2.45, 2.75) is 0 Å². The van der Waals surface area contributed by atoms with Crippen LogP contribution < -0.4 is 20.8 Å². The van der Waals surface area contributed by atoms with E-state index in [1.165, 1.54) is 0 Å². The Labute approximate surface area is 304 Å². The molecule has 7 heteroatoms. The van der Waals surface area contributed by atoms with Crippen LogP contribution in [-0.4, -0.2) is 15.0 Å². The predicted molar refractivity (Wildman–Crippen MR) is 217 cm³/mol. The van der Waals surface area contributed by atoms with Crippen molar-refractivity contribution in [3.05, 3.63) is 176 Å². The molecule has 7 aromatic carbocycles. The molecule has 1 atom stereocenters. The number of thiophene rings is 1. The van der Waals surface area contributed by atoms with Crippen LogP contribution in [0, 0.1) is 0 Å². The van der Waals surface area contributed by atoms with E-state index in [-0.39, 0.29) is 0 Å². The number of hydrogen-bond acceptors (Lipinski definition) is 6. The summed E-state index contributed by atoms with van der Waals surface area (Å²) in [6, 6.07) is 59.4. The molecule has 0 saturated carbocycles. The number of hydrogen-bond donors (Lipinski definition) is 0. The molecule has 1 unspecified atom stereocenters. The van der Waals surface area contributed by atoms with Crippen molar-refractivity contribution in [3.8, 4) is 34.2 Å². The molecule has 1 aliphatic rings. The molecule has 9 aromatic rings. The van der Waals surface area contributed by atoms with Gasteiger partial charge >= 0.3 is 0 Å². The van der Waals surface area contributed by atoms with Crippen molar-refractivity contribution in [2.75, 3.05) is 4.90 Å². The zero-order valence-electron chi connectivity index (χ0n) is 27.8. The van der Waals surface area contributed by atoms with Crippen LogP contribution in [0.3, 0.4) is 0 Å². The Morgan fingerprint density at radius 3 is 1.63 bits per heavy atom. The summed E-state index contributed by atoms with van der Waals surface area (Å²) >= 11 is 1.71. The van der Waals surface area contributed by atoms with Gasteiger partial charge in [-0.25, -0.2) is 15.0 Å². The first-order chi connectivity index (χ1) is 25.6. The molecule has 0 spiro atoms. The van der Waals surface area contributed by atoms with Crippen LogP contribution in [0.1, 0.15) is 0 Å². The van der Waals surface area contributed by atoms with Gasteiger partial charge in [0.05, 0.1) is 11.4 Å². The monoisotopic (exact) mass is 704 g/mol. The Kier molecular flexibility index (Phi) is 7.20. The third-order valence-electron chi connectivity index (χ3n) is 9.70. The van der Waals surface area contributed by atoms with E-state index in [4.69, 9.17) is 15.0 Å². The second-order valence-electron chi connectivity index (χ2n) is 12.8. The average molecular weight is 705 g/mol. The zero-order valence-corrected chi connectivity index (χ0v) is 29.5. The standard InChI is InChI=1S/C45H29N4OPS/c50-51(34-21-11-4-12-22-34)39-24-14-13-23-37(39)49(33-19-9-3-10-20-33)38-28-36-35-26-25-32(27-41(35)52-42(36)29-40(38)51)45-47-43(30-15-5-1-6-16-30)46-44(48-45)31-17-7-2-8-18-31/h1-29H. The predicted octanol–water partition coefficient (Wildman–Crippen LogP) is 10.7. The summed E-state index contributed by atoms with van der Waals surface area (Å²) in [5.74, 6) is 1.88. The largest absolute Gasteiger partial charge is 0.309 e. The molecule has 5 nitrogen and oxygen atoms in total. The number of fused-ring (bicyclic) bond motifs is 5. The quantitative estimate of drug-likeness (QED) is 0.167. The van der Waals surface area contributed by atoms with Gasteiger partial charge in [0.25, 0.3) is 0 Å². The number of anilines is 3. The minimum atomic E-state index is -3.24. The zero-order chi connectivity index (χ0) is 34.6. The van der Waals surface area contributed by atoms with Crippen LogP contribution in [0.25, 0.3) is 54.3 Å². The number of para-hydroxylation sites is 2. The van der Waals surface area contributed by atoms with E-state index in [0.29, 0.717) is 17.5 Å². The average Bonchev–Trinajstić information content (AvgIpc) is 3.58. The summed E-state index contributed by atoms with van der Waals surface area (Å²) in [6.07, 6.45) is 0. The van der Waals surface area contributed by atoms with Gasteiger partial charge in [-0.2, -0.15) is 0 Å². The molecule has 2 aromatic heterocycles. The first kappa shape index (κ1) is 30.6. The van der Waals surface area contributed by atoms with E-state index < -0.39 is 7.14 Å². The molecule has 52 heavy (non-hydrogen) atoms. The maximum atomic E-state index is 15.8.